The molecule has 0 saturated heterocycles. The Morgan fingerprint density at radius 2 is 1.76 bits per heavy atom. The summed E-state index contributed by atoms with van der Waals surface area (Å²) in [7, 11) is 0. The van der Waals surface area contributed by atoms with Crippen LogP contribution in [0.3, 0.4) is 0 Å². The summed E-state index contributed by atoms with van der Waals surface area (Å²) in [5.74, 6) is 0.266. The molecule has 5 heteroatoms. The Kier molecular flexibility index (Phi) is 7.29. The van der Waals surface area contributed by atoms with E-state index < -0.39 is 6.04 Å². The Labute approximate surface area is 151 Å². The highest BCUT2D eigenvalue weighted by atomic mass is 16.2. The van der Waals surface area contributed by atoms with Gasteiger partial charge in [0.15, 0.2) is 0 Å². The summed E-state index contributed by atoms with van der Waals surface area (Å²) in [5, 5.41) is 8.77. The number of hydrogen-bond donors (Lipinski definition) is 3. The van der Waals surface area contributed by atoms with Crippen LogP contribution in [0.5, 0.6) is 0 Å². The highest BCUT2D eigenvalue weighted by molar-refractivity contribution is 5.87. The third kappa shape index (κ3) is 6.77. The summed E-state index contributed by atoms with van der Waals surface area (Å²) >= 11 is 0. The molecule has 1 aliphatic carbocycles. The van der Waals surface area contributed by atoms with Crippen LogP contribution in [0.15, 0.2) is 24.3 Å². The molecular weight excluding hydrogens is 314 g/mol. The lowest BCUT2D eigenvalue weighted by molar-refractivity contribution is -0.124. The van der Waals surface area contributed by atoms with Gasteiger partial charge in [-0.1, -0.05) is 56.5 Å². The van der Waals surface area contributed by atoms with E-state index in [0.717, 1.165) is 18.4 Å². The highest BCUT2D eigenvalue weighted by Gasteiger charge is 2.25. The largest absolute Gasteiger partial charge is 0.352 e. The topological polar surface area (TPSA) is 70.2 Å². The molecular formula is C20H31N3O2. The van der Waals surface area contributed by atoms with E-state index in [1.165, 1.54) is 18.4 Å². The summed E-state index contributed by atoms with van der Waals surface area (Å²) in [6.07, 6.45) is 5.06. The van der Waals surface area contributed by atoms with Crippen molar-refractivity contribution in [1.29, 1.82) is 0 Å². The molecule has 1 aliphatic rings. The van der Waals surface area contributed by atoms with Crippen molar-refractivity contribution in [3.8, 4) is 0 Å². The van der Waals surface area contributed by atoms with Gasteiger partial charge in [-0.3, -0.25) is 4.79 Å². The first-order chi connectivity index (χ1) is 11.9. The van der Waals surface area contributed by atoms with Gasteiger partial charge < -0.3 is 16.0 Å². The second kappa shape index (κ2) is 9.44. The highest BCUT2D eigenvalue weighted by Crippen LogP contribution is 2.18. The Bertz CT molecular complexity index is 563. The van der Waals surface area contributed by atoms with Crippen LogP contribution >= 0.6 is 0 Å². The second-order valence-corrected chi connectivity index (χ2v) is 7.48. The van der Waals surface area contributed by atoms with Crippen molar-refractivity contribution in [2.45, 2.75) is 71.5 Å². The Balaban J connectivity index is 1.85. The fourth-order valence-electron chi connectivity index (χ4n) is 3.17. The van der Waals surface area contributed by atoms with Gasteiger partial charge in [-0.25, -0.2) is 4.79 Å². The molecule has 1 saturated carbocycles. The number of rotatable bonds is 7. The number of benzene rings is 1. The van der Waals surface area contributed by atoms with Gasteiger partial charge in [0, 0.05) is 12.6 Å². The molecule has 1 aromatic carbocycles. The zero-order chi connectivity index (χ0) is 18.2. The van der Waals surface area contributed by atoms with E-state index in [1.54, 1.807) is 0 Å². The first-order valence-corrected chi connectivity index (χ1v) is 9.34. The number of amides is 3. The number of carbonyl (C=O) groups excluding carboxylic acids is 2. The standard InChI is InChI=1S/C20H31N3O2/c1-14(2)12-18(19(24)22-17-6-4-5-7-17)23-20(25)21-13-16-10-8-15(3)9-11-16/h8-11,14,17-18H,4-7,12-13H2,1-3H3,(H,22,24)(H2,21,23,25). The van der Waals surface area contributed by atoms with E-state index in [4.69, 9.17) is 0 Å². The molecule has 0 radical (unpaired) electrons. The molecule has 1 atom stereocenters. The van der Waals surface area contributed by atoms with E-state index >= 15 is 0 Å². The van der Waals surface area contributed by atoms with Crippen LogP contribution < -0.4 is 16.0 Å². The molecule has 5 nitrogen and oxygen atoms in total. The van der Waals surface area contributed by atoms with Crippen molar-refractivity contribution in [1.82, 2.24) is 16.0 Å². The smallest absolute Gasteiger partial charge is 0.315 e. The van der Waals surface area contributed by atoms with Crippen LogP contribution in [-0.2, 0) is 11.3 Å². The van der Waals surface area contributed by atoms with E-state index in [1.807, 2.05) is 31.2 Å². The van der Waals surface area contributed by atoms with E-state index in [-0.39, 0.29) is 18.0 Å². The van der Waals surface area contributed by atoms with Crippen LogP contribution in [0.1, 0.15) is 57.1 Å². The molecule has 0 spiro atoms. The fourth-order valence-corrected chi connectivity index (χ4v) is 3.17. The number of urea groups is 1. The quantitative estimate of drug-likeness (QED) is 0.710. The summed E-state index contributed by atoms with van der Waals surface area (Å²) in [4.78, 5) is 24.7. The summed E-state index contributed by atoms with van der Waals surface area (Å²) in [6, 6.07) is 7.50. The molecule has 0 heterocycles. The monoisotopic (exact) mass is 345 g/mol. The predicted molar refractivity (Wildman–Crippen MR) is 100 cm³/mol. The minimum absolute atomic E-state index is 0.0638. The van der Waals surface area contributed by atoms with Gasteiger partial charge in [-0.2, -0.15) is 0 Å². The average Bonchev–Trinajstić information content (AvgIpc) is 3.06. The molecule has 138 valence electrons. The maximum atomic E-state index is 12.5. The second-order valence-electron chi connectivity index (χ2n) is 7.48. The molecule has 1 fully saturated rings. The zero-order valence-electron chi connectivity index (χ0n) is 15.6. The number of nitrogens with one attached hydrogen (secondary N) is 3. The van der Waals surface area contributed by atoms with Gasteiger partial charge in [-0.05, 0) is 37.7 Å². The van der Waals surface area contributed by atoms with Crippen molar-refractivity contribution in [3.05, 3.63) is 35.4 Å². The van der Waals surface area contributed by atoms with E-state index in [0.29, 0.717) is 18.9 Å². The lowest BCUT2D eigenvalue weighted by atomic mass is 10.0. The minimum atomic E-state index is -0.487. The molecule has 3 amide bonds. The first kappa shape index (κ1) is 19.3. The zero-order valence-corrected chi connectivity index (χ0v) is 15.6. The average molecular weight is 345 g/mol. The molecule has 1 aromatic rings. The molecule has 25 heavy (non-hydrogen) atoms. The van der Waals surface area contributed by atoms with Crippen LogP contribution in [0.4, 0.5) is 4.79 Å². The number of aryl methyl sites for hydroxylation is 1. The molecule has 0 aliphatic heterocycles. The van der Waals surface area contributed by atoms with Gasteiger partial charge in [0.2, 0.25) is 5.91 Å². The van der Waals surface area contributed by atoms with Crippen molar-refractivity contribution in [3.63, 3.8) is 0 Å². The van der Waals surface area contributed by atoms with E-state index in [9.17, 15) is 9.59 Å². The Morgan fingerprint density at radius 3 is 2.36 bits per heavy atom. The lowest BCUT2D eigenvalue weighted by Crippen LogP contribution is -2.52. The summed E-state index contributed by atoms with van der Waals surface area (Å²) in [6.45, 7) is 6.59. The van der Waals surface area contributed by atoms with Crippen molar-refractivity contribution < 1.29 is 9.59 Å². The van der Waals surface area contributed by atoms with Gasteiger partial charge in [-0.15, -0.1) is 0 Å². The number of carbonyl (C=O) groups is 2. The van der Waals surface area contributed by atoms with Crippen LogP contribution in [0, 0.1) is 12.8 Å². The fraction of sp³-hybridized carbons (Fsp3) is 0.600. The van der Waals surface area contributed by atoms with Gasteiger partial charge in [0.1, 0.15) is 6.04 Å². The third-order valence-corrected chi connectivity index (χ3v) is 4.60. The number of hydrogen-bond acceptors (Lipinski definition) is 2. The normalized spacial score (nSPS) is 15.8. The molecule has 0 aromatic heterocycles. The van der Waals surface area contributed by atoms with Gasteiger partial charge in [0.25, 0.3) is 0 Å². The maximum absolute atomic E-state index is 12.5. The van der Waals surface area contributed by atoms with Crippen LogP contribution in [-0.4, -0.2) is 24.0 Å². The summed E-state index contributed by atoms with van der Waals surface area (Å²) < 4.78 is 0. The van der Waals surface area contributed by atoms with Gasteiger partial charge >= 0.3 is 6.03 Å². The molecule has 1 unspecified atom stereocenters. The molecule has 2 rings (SSSR count). The van der Waals surface area contributed by atoms with Gasteiger partial charge in [0.05, 0.1) is 0 Å². The molecule has 0 bridgehead atoms. The van der Waals surface area contributed by atoms with Crippen molar-refractivity contribution >= 4 is 11.9 Å². The van der Waals surface area contributed by atoms with Crippen LogP contribution in [0.25, 0.3) is 0 Å². The third-order valence-electron chi connectivity index (χ3n) is 4.60. The summed E-state index contributed by atoms with van der Waals surface area (Å²) in [5.41, 5.74) is 2.23. The Morgan fingerprint density at radius 1 is 1.12 bits per heavy atom. The minimum Gasteiger partial charge on any atom is -0.352 e. The maximum Gasteiger partial charge on any atom is 0.315 e. The Hall–Kier alpha value is -2.04. The first-order valence-electron chi connectivity index (χ1n) is 9.34. The lowest BCUT2D eigenvalue weighted by Gasteiger charge is -2.22. The van der Waals surface area contributed by atoms with E-state index in [2.05, 4.69) is 29.8 Å². The van der Waals surface area contributed by atoms with Crippen molar-refractivity contribution in [2.24, 2.45) is 5.92 Å². The van der Waals surface area contributed by atoms with Crippen LogP contribution in [0.2, 0.25) is 0 Å². The van der Waals surface area contributed by atoms with Crippen molar-refractivity contribution in [2.75, 3.05) is 0 Å². The SMILES string of the molecule is Cc1ccc(CNC(=O)NC(CC(C)C)C(=O)NC2CCCC2)cc1. The molecule has 3 N–H and O–H groups in total. The predicted octanol–water partition coefficient (Wildman–Crippen LogP) is 3.27.